The third kappa shape index (κ3) is 5.38. The molecule has 1 unspecified atom stereocenters. The summed E-state index contributed by atoms with van der Waals surface area (Å²) in [6, 6.07) is 5.90. The van der Waals surface area contributed by atoms with Crippen LogP contribution in [0.5, 0.6) is 5.75 Å². The van der Waals surface area contributed by atoms with Crippen molar-refractivity contribution >= 4 is 11.8 Å². The first kappa shape index (κ1) is 19.1. The highest BCUT2D eigenvalue weighted by Crippen LogP contribution is 2.22. The molecule has 1 fully saturated rings. The third-order valence-electron chi connectivity index (χ3n) is 4.07. The number of nitrogens with two attached hydrogens (primary N) is 1. The summed E-state index contributed by atoms with van der Waals surface area (Å²) in [5.41, 5.74) is 5.75. The number of benzene rings is 1. The van der Waals surface area contributed by atoms with Gasteiger partial charge >= 0.3 is 6.61 Å². The predicted molar refractivity (Wildman–Crippen MR) is 88.4 cm³/mol. The van der Waals surface area contributed by atoms with Crippen LogP contribution in [0.3, 0.4) is 0 Å². The Morgan fingerprint density at radius 2 is 1.76 bits per heavy atom. The highest BCUT2D eigenvalue weighted by atomic mass is 19.3. The zero-order chi connectivity index (χ0) is 18.4. The SMILES string of the molecule is CC(N)CCC(=O)N1CCN(C(=O)c2ccccc2OC(F)F)CC1. The standard InChI is InChI=1S/C17H23F2N3O3/c1-12(20)6-7-15(23)21-8-10-22(11-9-21)16(24)13-4-2-3-5-14(13)25-17(18)19/h2-5,12,17H,6-11,20H2,1H3. The van der Waals surface area contributed by atoms with E-state index in [2.05, 4.69) is 4.74 Å². The monoisotopic (exact) mass is 355 g/mol. The van der Waals surface area contributed by atoms with Crippen molar-refractivity contribution in [3.63, 3.8) is 0 Å². The number of ether oxygens (including phenoxy) is 1. The molecular formula is C17H23F2N3O3. The molecule has 0 spiro atoms. The maximum absolute atomic E-state index is 12.6. The Balaban J connectivity index is 1.94. The number of carbonyl (C=O) groups excluding carboxylic acids is 2. The van der Waals surface area contributed by atoms with E-state index in [-0.39, 0.29) is 29.2 Å². The summed E-state index contributed by atoms with van der Waals surface area (Å²) < 4.78 is 29.4. The van der Waals surface area contributed by atoms with Crippen molar-refractivity contribution in [3.8, 4) is 5.75 Å². The van der Waals surface area contributed by atoms with Crippen molar-refractivity contribution in [2.45, 2.75) is 32.4 Å². The van der Waals surface area contributed by atoms with Crippen LogP contribution in [0, 0.1) is 0 Å². The minimum atomic E-state index is -2.99. The summed E-state index contributed by atoms with van der Waals surface area (Å²) in [6.07, 6.45) is 1.01. The lowest BCUT2D eigenvalue weighted by molar-refractivity contribution is -0.132. The van der Waals surface area contributed by atoms with E-state index in [9.17, 15) is 18.4 Å². The van der Waals surface area contributed by atoms with E-state index in [0.29, 0.717) is 39.0 Å². The Hall–Kier alpha value is -2.22. The van der Waals surface area contributed by atoms with E-state index in [4.69, 9.17) is 5.73 Å². The first-order valence-corrected chi connectivity index (χ1v) is 8.25. The molecule has 0 saturated carbocycles. The molecule has 1 atom stereocenters. The minimum absolute atomic E-state index is 0.0193. The van der Waals surface area contributed by atoms with Gasteiger partial charge in [-0.15, -0.1) is 0 Å². The number of nitrogens with zero attached hydrogens (tertiary/aromatic N) is 2. The Bertz CT molecular complexity index is 603. The molecule has 25 heavy (non-hydrogen) atoms. The number of piperazine rings is 1. The van der Waals surface area contributed by atoms with E-state index >= 15 is 0 Å². The number of alkyl halides is 2. The summed E-state index contributed by atoms with van der Waals surface area (Å²) in [7, 11) is 0. The fourth-order valence-electron chi connectivity index (χ4n) is 2.68. The van der Waals surface area contributed by atoms with Gasteiger partial charge < -0.3 is 20.3 Å². The van der Waals surface area contributed by atoms with Gasteiger partial charge in [0.2, 0.25) is 5.91 Å². The Morgan fingerprint density at radius 3 is 2.36 bits per heavy atom. The highest BCUT2D eigenvalue weighted by Gasteiger charge is 2.26. The molecule has 1 aliphatic heterocycles. The Morgan fingerprint density at radius 1 is 1.16 bits per heavy atom. The van der Waals surface area contributed by atoms with Gasteiger partial charge in [-0.25, -0.2) is 0 Å². The number of carbonyl (C=O) groups is 2. The van der Waals surface area contributed by atoms with Crippen LogP contribution in [-0.2, 0) is 4.79 Å². The molecule has 1 heterocycles. The zero-order valence-corrected chi connectivity index (χ0v) is 14.2. The van der Waals surface area contributed by atoms with Gasteiger partial charge in [-0.2, -0.15) is 8.78 Å². The fourth-order valence-corrected chi connectivity index (χ4v) is 2.68. The van der Waals surface area contributed by atoms with Gasteiger partial charge in [0.25, 0.3) is 5.91 Å². The van der Waals surface area contributed by atoms with Gasteiger partial charge in [0.1, 0.15) is 5.75 Å². The van der Waals surface area contributed by atoms with Crippen LogP contribution < -0.4 is 10.5 Å². The lowest BCUT2D eigenvalue weighted by Crippen LogP contribution is -2.50. The molecule has 2 N–H and O–H groups in total. The molecular weight excluding hydrogens is 332 g/mol. The summed E-state index contributed by atoms with van der Waals surface area (Å²) in [5.74, 6) is -0.497. The van der Waals surface area contributed by atoms with Crippen LogP contribution in [0.4, 0.5) is 8.78 Å². The van der Waals surface area contributed by atoms with Gasteiger partial charge in [0, 0.05) is 38.6 Å². The second-order valence-electron chi connectivity index (χ2n) is 6.06. The quantitative estimate of drug-likeness (QED) is 0.843. The molecule has 1 aliphatic rings. The summed E-state index contributed by atoms with van der Waals surface area (Å²) >= 11 is 0. The number of amides is 2. The van der Waals surface area contributed by atoms with Gasteiger partial charge in [-0.1, -0.05) is 12.1 Å². The van der Waals surface area contributed by atoms with E-state index in [0.717, 1.165) is 0 Å². The van der Waals surface area contributed by atoms with Crippen LogP contribution in [0.15, 0.2) is 24.3 Å². The van der Waals surface area contributed by atoms with Crippen LogP contribution >= 0.6 is 0 Å². The van der Waals surface area contributed by atoms with Crippen molar-refractivity contribution in [1.29, 1.82) is 0 Å². The van der Waals surface area contributed by atoms with Gasteiger partial charge in [0.15, 0.2) is 0 Å². The number of hydrogen-bond acceptors (Lipinski definition) is 4. The summed E-state index contributed by atoms with van der Waals surface area (Å²) in [4.78, 5) is 27.9. The maximum atomic E-state index is 12.6. The topological polar surface area (TPSA) is 75.9 Å². The maximum Gasteiger partial charge on any atom is 0.387 e. The second-order valence-corrected chi connectivity index (χ2v) is 6.06. The van der Waals surface area contributed by atoms with Crippen LogP contribution in [0.1, 0.15) is 30.1 Å². The van der Waals surface area contributed by atoms with Crippen molar-refractivity contribution in [1.82, 2.24) is 9.80 Å². The lowest BCUT2D eigenvalue weighted by Gasteiger charge is -2.35. The van der Waals surface area contributed by atoms with Crippen molar-refractivity contribution in [2.75, 3.05) is 26.2 Å². The first-order chi connectivity index (χ1) is 11.9. The number of para-hydroxylation sites is 1. The van der Waals surface area contributed by atoms with Crippen molar-refractivity contribution < 1.29 is 23.1 Å². The molecule has 1 aromatic carbocycles. The molecule has 2 rings (SSSR count). The molecule has 0 aliphatic carbocycles. The molecule has 0 aromatic heterocycles. The second kappa shape index (κ2) is 8.75. The Labute approximate surface area is 145 Å². The molecule has 1 saturated heterocycles. The van der Waals surface area contributed by atoms with Crippen LogP contribution in [0.2, 0.25) is 0 Å². The zero-order valence-electron chi connectivity index (χ0n) is 14.2. The van der Waals surface area contributed by atoms with Gasteiger partial charge in [-0.05, 0) is 25.5 Å². The predicted octanol–water partition coefficient (Wildman–Crippen LogP) is 1.70. The highest BCUT2D eigenvalue weighted by molar-refractivity contribution is 5.97. The number of halogens is 2. The van der Waals surface area contributed by atoms with E-state index in [1.165, 1.54) is 18.2 Å². The average molecular weight is 355 g/mol. The molecule has 2 amide bonds. The van der Waals surface area contributed by atoms with E-state index < -0.39 is 6.61 Å². The van der Waals surface area contributed by atoms with E-state index in [1.54, 1.807) is 15.9 Å². The Kier molecular flexibility index (Phi) is 6.69. The molecule has 0 radical (unpaired) electrons. The molecule has 0 bridgehead atoms. The normalized spacial score (nSPS) is 16.0. The van der Waals surface area contributed by atoms with Crippen molar-refractivity contribution in [3.05, 3.63) is 29.8 Å². The first-order valence-electron chi connectivity index (χ1n) is 8.25. The van der Waals surface area contributed by atoms with Gasteiger partial charge in [0.05, 0.1) is 5.56 Å². The van der Waals surface area contributed by atoms with E-state index in [1.807, 2.05) is 6.92 Å². The van der Waals surface area contributed by atoms with Crippen LogP contribution in [0.25, 0.3) is 0 Å². The third-order valence-corrected chi connectivity index (χ3v) is 4.07. The van der Waals surface area contributed by atoms with Crippen LogP contribution in [-0.4, -0.2) is 60.4 Å². The number of hydrogen-bond donors (Lipinski definition) is 1. The molecule has 6 nitrogen and oxygen atoms in total. The average Bonchev–Trinajstić information content (AvgIpc) is 2.59. The minimum Gasteiger partial charge on any atom is -0.434 e. The molecule has 1 aromatic rings. The summed E-state index contributed by atoms with van der Waals surface area (Å²) in [6.45, 7) is 0.400. The summed E-state index contributed by atoms with van der Waals surface area (Å²) in [5, 5.41) is 0. The van der Waals surface area contributed by atoms with Gasteiger partial charge in [-0.3, -0.25) is 9.59 Å². The fraction of sp³-hybridized carbons (Fsp3) is 0.529. The van der Waals surface area contributed by atoms with Crippen molar-refractivity contribution in [2.24, 2.45) is 5.73 Å². The molecule has 138 valence electrons. The number of rotatable bonds is 6. The smallest absolute Gasteiger partial charge is 0.387 e. The largest absolute Gasteiger partial charge is 0.434 e. The molecule has 8 heteroatoms. The lowest BCUT2D eigenvalue weighted by atomic mass is 10.1.